The van der Waals surface area contributed by atoms with Crippen molar-refractivity contribution in [3.05, 3.63) is 35.9 Å². The standard InChI is InChI=1S/C17H25NO3/c1-2-20-16(14-8-4-3-5-9-14)13-18-17(19)12-15-10-6-7-11-21-15/h3-5,8-9,15-16H,2,6-7,10-13H2,1H3,(H,18,19)/t15-,16+/m1/s1. The molecule has 1 fully saturated rings. The Balaban J connectivity index is 1.79. The zero-order chi connectivity index (χ0) is 14.9. The molecule has 0 aliphatic carbocycles. The third-order valence-electron chi connectivity index (χ3n) is 3.71. The second kappa shape index (κ2) is 8.80. The van der Waals surface area contributed by atoms with Crippen LogP contribution in [0.15, 0.2) is 30.3 Å². The third-order valence-corrected chi connectivity index (χ3v) is 3.71. The predicted octanol–water partition coefficient (Wildman–Crippen LogP) is 2.84. The molecule has 0 radical (unpaired) electrons. The van der Waals surface area contributed by atoms with E-state index in [1.54, 1.807) is 0 Å². The molecule has 1 N–H and O–H groups in total. The molecule has 2 atom stereocenters. The summed E-state index contributed by atoms with van der Waals surface area (Å²) in [6, 6.07) is 10.00. The molecule has 4 heteroatoms. The highest BCUT2D eigenvalue weighted by atomic mass is 16.5. The van der Waals surface area contributed by atoms with Gasteiger partial charge in [0, 0.05) is 19.8 Å². The molecule has 0 spiro atoms. The molecule has 0 unspecified atom stereocenters. The summed E-state index contributed by atoms with van der Waals surface area (Å²) < 4.78 is 11.3. The van der Waals surface area contributed by atoms with E-state index in [1.165, 1.54) is 0 Å². The highest BCUT2D eigenvalue weighted by Crippen LogP contribution is 2.17. The van der Waals surface area contributed by atoms with Crippen molar-refractivity contribution in [1.82, 2.24) is 5.32 Å². The van der Waals surface area contributed by atoms with Crippen molar-refractivity contribution in [2.24, 2.45) is 0 Å². The van der Waals surface area contributed by atoms with E-state index in [0.29, 0.717) is 19.6 Å². The fraction of sp³-hybridized carbons (Fsp3) is 0.588. The van der Waals surface area contributed by atoms with Crippen LogP contribution in [0.4, 0.5) is 0 Å². The molecule has 21 heavy (non-hydrogen) atoms. The number of amides is 1. The van der Waals surface area contributed by atoms with Gasteiger partial charge in [-0.3, -0.25) is 4.79 Å². The Labute approximate surface area is 126 Å². The lowest BCUT2D eigenvalue weighted by Crippen LogP contribution is -2.33. The van der Waals surface area contributed by atoms with E-state index in [4.69, 9.17) is 9.47 Å². The first kappa shape index (κ1) is 16.0. The van der Waals surface area contributed by atoms with Gasteiger partial charge in [-0.25, -0.2) is 0 Å². The number of carbonyl (C=O) groups is 1. The van der Waals surface area contributed by atoms with Crippen LogP contribution in [0.3, 0.4) is 0 Å². The van der Waals surface area contributed by atoms with Crippen molar-refractivity contribution in [2.75, 3.05) is 19.8 Å². The van der Waals surface area contributed by atoms with Crippen LogP contribution in [0.1, 0.15) is 44.3 Å². The monoisotopic (exact) mass is 291 g/mol. The maximum atomic E-state index is 12.0. The molecule has 1 aliphatic heterocycles. The lowest BCUT2D eigenvalue weighted by molar-refractivity contribution is -0.125. The van der Waals surface area contributed by atoms with Gasteiger partial charge in [-0.05, 0) is 31.7 Å². The van der Waals surface area contributed by atoms with Crippen molar-refractivity contribution in [3.63, 3.8) is 0 Å². The van der Waals surface area contributed by atoms with Crippen LogP contribution < -0.4 is 5.32 Å². The Morgan fingerprint density at radius 1 is 1.38 bits per heavy atom. The normalized spacial score (nSPS) is 20.0. The zero-order valence-corrected chi connectivity index (χ0v) is 12.7. The highest BCUT2D eigenvalue weighted by Gasteiger charge is 2.19. The first-order chi connectivity index (χ1) is 10.3. The second-order valence-electron chi connectivity index (χ2n) is 5.35. The Morgan fingerprint density at radius 2 is 2.19 bits per heavy atom. The van der Waals surface area contributed by atoms with Crippen LogP contribution in [0.25, 0.3) is 0 Å². The summed E-state index contributed by atoms with van der Waals surface area (Å²) in [7, 11) is 0. The van der Waals surface area contributed by atoms with Crippen LogP contribution in [-0.2, 0) is 14.3 Å². The van der Waals surface area contributed by atoms with E-state index in [1.807, 2.05) is 37.3 Å². The number of nitrogens with one attached hydrogen (secondary N) is 1. The zero-order valence-electron chi connectivity index (χ0n) is 12.7. The van der Waals surface area contributed by atoms with Crippen molar-refractivity contribution >= 4 is 5.91 Å². The molecule has 0 saturated carbocycles. The minimum atomic E-state index is -0.0903. The first-order valence-electron chi connectivity index (χ1n) is 7.84. The van der Waals surface area contributed by atoms with Crippen LogP contribution in [0, 0.1) is 0 Å². The average molecular weight is 291 g/mol. The number of rotatable bonds is 7. The summed E-state index contributed by atoms with van der Waals surface area (Å²) in [4.78, 5) is 12.0. The molecule has 1 amide bonds. The smallest absolute Gasteiger partial charge is 0.222 e. The van der Waals surface area contributed by atoms with E-state index in [0.717, 1.165) is 31.4 Å². The third kappa shape index (κ3) is 5.48. The molecule has 1 saturated heterocycles. The van der Waals surface area contributed by atoms with Gasteiger partial charge in [0.2, 0.25) is 5.91 Å². The van der Waals surface area contributed by atoms with Crippen LogP contribution >= 0.6 is 0 Å². The summed E-state index contributed by atoms with van der Waals surface area (Å²) in [5.74, 6) is 0.0440. The number of hydrogen-bond acceptors (Lipinski definition) is 3. The molecule has 4 nitrogen and oxygen atoms in total. The summed E-state index contributed by atoms with van der Waals surface area (Å²) in [6.07, 6.45) is 3.70. The van der Waals surface area contributed by atoms with Gasteiger partial charge in [-0.15, -0.1) is 0 Å². The Kier molecular flexibility index (Phi) is 6.70. The predicted molar refractivity (Wildman–Crippen MR) is 82.0 cm³/mol. The highest BCUT2D eigenvalue weighted by molar-refractivity contribution is 5.76. The van der Waals surface area contributed by atoms with Gasteiger partial charge in [0.1, 0.15) is 0 Å². The largest absolute Gasteiger partial charge is 0.378 e. The quantitative estimate of drug-likeness (QED) is 0.840. The second-order valence-corrected chi connectivity index (χ2v) is 5.35. The number of benzene rings is 1. The van der Waals surface area contributed by atoms with E-state index in [9.17, 15) is 4.79 Å². The Bertz CT molecular complexity index is 415. The van der Waals surface area contributed by atoms with E-state index < -0.39 is 0 Å². The number of hydrogen-bond donors (Lipinski definition) is 1. The van der Waals surface area contributed by atoms with E-state index >= 15 is 0 Å². The first-order valence-corrected chi connectivity index (χ1v) is 7.84. The summed E-state index contributed by atoms with van der Waals surface area (Å²) >= 11 is 0. The lowest BCUT2D eigenvalue weighted by atomic mass is 10.1. The molecule has 2 rings (SSSR count). The van der Waals surface area contributed by atoms with E-state index in [-0.39, 0.29) is 18.1 Å². The van der Waals surface area contributed by atoms with Crippen LogP contribution in [0.5, 0.6) is 0 Å². The minimum Gasteiger partial charge on any atom is -0.378 e. The molecule has 0 bridgehead atoms. The summed E-state index contributed by atoms with van der Waals surface area (Å²) in [5.41, 5.74) is 1.09. The lowest BCUT2D eigenvalue weighted by Gasteiger charge is -2.23. The minimum absolute atomic E-state index is 0.0440. The molecule has 1 aromatic carbocycles. The van der Waals surface area contributed by atoms with Gasteiger partial charge in [-0.1, -0.05) is 30.3 Å². The van der Waals surface area contributed by atoms with Crippen molar-refractivity contribution < 1.29 is 14.3 Å². The van der Waals surface area contributed by atoms with Gasteiger partial charge in [0.05, 0.1) is 18.6 Å². The average Bonchev–Trinajstić information content (AvgIpc) is 2.53. The fourth-order valence-corrected chi connectivity index (χ4v) is 2.60. The van der Waals surface area contributed by atoms with Crippen molar-refractivity contribution in [3.8, 4) is 0 Å². The molecule has 116 valence electrons. The molecular formula is C17H25NO3. The van der Waals surface area contributed by atoms with Crippen LogP contribution in [0.2, 0.25) is 0 Å². The molecule has 1 aromatic rings. The number of carbonyl (C=O) groups excluding carboxylic acids is 1. The van der Waals surface area contributed by atoms with Gasteiger partial charge in [0.25, 0.3) is 0 Å². The summed E-state index contributed by atoms with van der Waals surface area (Å²) in [5, 5.41) is 2.97. The van der Waals surface area contributed by atoms with E-state index in [2.05, 4.69) is 5.32 Å². The molecule has 0 aromatic heterocycles. The maximum absolute atomic E-state index is 12.0. The van der Waals surface area contributed by atoms with Gasteiger partial charge >= 0.3 is 0 Å². The van der Waals surface area contributed by atoms with Gasteiger partial charge in [0.15, 0.2) is 0 Å². The van der Waals surface area contributed by atoms with Crippen molar-refractivity contribution in [2.45, 2.75) is 44.8 Å². The Hall–Kier alpha value is -1.39. The molecular weight excluding hydrogens is 266 g/mol. The van der Waals surface area contributed by atoms with Crippen LogP contribution in [-0.4, -0.2) is 31.8 Å². The molecule has 1 heterocycles. The fourth-order valence-electron chi connectivity index (χ4n) is 2.60. The van der Waals surface area contributed by atoms with Gasteiger partial charge < -0.3 is 14.8 Å². The maximum Gasteiger partial charge on any atom is 0.222 e. The number of ether oxygens (including phenoxy) is 2. The molecule has 1 aliphatic rings. The van der Waals surface area contributed by atoms with Crippen molar-refractivity contribution in [1.29, 1.82) is 0 Å². The van der Waals surface area contributed by atoms with Gasteiger partial charge in [-0.2, -0.15) is 0 Å². The SMILES string of the molecule is CCO[C@@H](CNC(=O)C[C@H]1CCCCO1)c1ccccc1. The topological polar surface area (TPSA) is 47.6 Å². The Morgan fingerprint density at radius 3 is 2.86 bits per heavy atom. The summed E-state index contributed by atoms with van der Waals surface area (Å²) in [6.45, 7) is 3.88.